The third kappa shape index (κ3) is 3.87. The van der Waals surface area contributed by atoms with E-state index in [1.807, 2.05) is 0 Å². The number of nitrogens with zero attached hydrogens (tertiary/aromatic N) is 2. The lowest BCUT2D eigenvalue weighted by atomic mass is 10.0. The van der Waals surface area contributed by atoms with Crippen LogP contribution in [0.3, 0.4) is 0 Å². The van der Waals surface area contributed by atoms with Crippen LogP contribution in [0, 0.1) is 18.3 Å². The molecule has 1 rings (SSSR count). The Morgan fingerprint density at radius 1 is 1.24 bits per heavy atom. The van der Waals surface area contributed by atoms with E-state index in [2.05, 4.69) is 56.0 Å². The molecule has 2 heteroatoms. The molecular weight excluding hydrogens is 208 g/mol. The van der Waals surface area contributed by atoms with Crippen molar-refractivity contribution in [2.75, 3.05) is 13.1 Å². The topological polar surface area (TPSA) is 27.0 Å². The Bertz CT molecular complexity index is 362. The maximum absolute atomic E-state index is 9.36. The molecule has 0 aliphatic heterocycles. The summed E-state index contributed by atoms with van der Waals surface area (Å²) in [5, 5.41) is 9.36. The van der Waals surface area contributed by atoms with E-state index in [1.54, 1.807) is 0 Å². The summed E-state index contributed by atoms with van der Waals surface area (Å²) in [4.78, 5) is 2.24. The van der Waals surface area contributed by atoms with Gasteiger partial charge in [-0.2, -0.15) is 5.26 Å². The van der Waals surface area contributed by atoms with Crippen LogP contribution in [-0.4, -0.2) is 18.0 Å². The summed E-state index contributed by atoms with van der Waals surface area (Å²) in [6.45, 7) is 8.29. The van der Waals surface area contributed by atoms with Crippen LogP contribution in [0.4, 0.5) is 0 Å². The van der Waals surface area contributed by atoms with Crippen LogP contribution in [-0.2, 0) is 0 Å². The Morgan fingerprint density at radius 2 is 1.88 bits per heavy atom. The molecule has 1 aromatic carbocycles. The molecule has 0 aliphatic carbocycles. The number of rotatable bonds is 6. The number of nitriles is 1. The predicted octanol–water partition coefficient (Wildman–Crippen LogP) is 3.68. The fourth-order valence-electron chi connectivity index (χ4n) is 1.95. The van der Waals surface area contributed by atoms with Crippen LogP contribution in [0.2, 0.25) is 0 Å². The number of hydrogen-bond acceptors (Lipinski definition) is 2. The molecule has 0 saturated carbocycles. The van der Waals surface area contributed by atoms with E-state index in [1.165, 1.54) is 12.0 Å². The van der Waals surface area contributed by atoms with Crippen molar-refractivity contribution in [1.82, 2.24) is 4.90 Å². The molecule has 0 radical (unpaired) electrons. The molecule has 0 N–H and O–H groups in total. The van der Waals surface area contributed by atoms with Crippen molar-refractivity contribution >= 4 is 0 Å². The van der Waals surface area contributed by atoms with E-state index in [0.29, 0.717) is 0 Å². The van der Waals surface area contributed by atoms with Gasteiger partial charge in [-0.05, 0) is 32.0 Å². The van der Waals surface area contributed by atoms with Crippen molar-refractivity contribution in [3.8, 4) is 6.07 Å². The van der Waals surface area contributed by atoms with Crippen LogP contribution in [0.25, 0.3) is 0 Å². The lowest BCUT2D eigenvalue weighted by Crippen LogP contribution is -2.28. The zero-order chi connectivity index (χ0) is 12.7. The molecule has 0 fully saturated rings. The maximum Gasteiger partial charge on any atom is 0.123 e. The van der Waals surface area contributed by atoms with E-state index < -0.39 is 0 Å². The second-order valence-corrected chi connectivity index (χ2v) is 4.42. The van der Waals surface area contributed by atoms with Gasteiger partial charge in [0.15, 0.2) is 0 Å². The average Bonchev–Trinajstić information content (AvgIpc) is 2.36. The van der Waals surface area contributed by atoms with Gasteiger partial charge in [-0.15, -0.1) is 0 Å². The normalized spacial score (nSPS) is 12.4. The number of hydrogen-bond donors (Lipinski definition) is 0. The van der Waals surface area contributed by atoms with E-state index in [-0.39, 0.29) is 6.04 Å². The molecule has 1 unspecified atom stereocenters. The minimum Gasteiger partial charge on any atom is -0.285 e. The Hall–Kier alpha value is -1.33. The summed E-state index contributed by atoms with van der Waals surface area (Å²) >= 11 is 0. The minimum atomic E-state index is -0.104. The van der Waals surface area contributed by atoms with Crippen molar-refractivity contribution in [1.29, 1.82) is 5.26 Å². The Balaban J connectivity index is 2.82. The molecule has 0 amide bonds. The molecule has 2 nitrogen and oxygen atoms in total. The number of aryl methyl sites for hydroxylation is 1. The average molecular weight is 230 g/mol. The van der Waals surface area contributed by atoms with Crippen LogP contribution >= 0.6 is 0 Å². The lowest BCUT2D eigenvalue weighted by molar-refractivity contribution is 0.245. The van der Waals surface area contributed by atoms with Crippen LogP contribution in [0.5, 0.6) is 0 Å². The highest BCUT2D eigenvalue weighted by Crippen LogP contribution is 2.20. The van der Waals surface area contributed by atoms with Crippen molar-refractivity contribution in [3.05, 3.63) is 35.4 Å². The van der Waals surface area contributed by atoms with Gasteiger partial charge in [-0.25, -0.2) is 0 Å². The largest absolute Gasteiger partial charge is 0.285 e. The van der Waals surface area contributed by atoms with Gasteiger partial charge in [0.05, 0.1) is 6.07 Å². The molecule has 0 heterocycles. The van der Waals surface area contributed by atoms with Crippen LogP contribution in [0.1, 0.15) is 43.9 Å². The Morgan fingerprint density at radius 3 is 2.35 bits per heavy atom. The molecule has 0 aromatic heterocycles. The first-order valence-electron chi connectivity index (χ1n) is 6.43. The predicted molar refractivity (Wildman–Crippen MR) is 71.7 cm³/mol. The maximum atomic E-state index is 9.36. The second-order valence-electron chi connectivity index (χ2n) is 4.42. The highest BCUT2D eigenvalue weighted by atomic mass is 15.1. The zero-order valence-electron chi connectivity index (χ0n) is 11.1. The van der Waals surface area contributed by atoms with Crippen molar-refractivity contribution in [3.63, 3.8) is 0 Å². The highest BCUT2D eigenvalue weighted by molar-refractivity contribution is 5.27. The fraction of sp³-hybridized carbons (Fsp3) is 0.533. The van der Waals surface area contributed by atoms with Crippen molar-refractivity contribution in [2.24, 2.45) is 0 Å². The highest BCUT2D eigenvalue weighted by Gasteiger charge is 2.17. The minimum absolute atomic E-state index is 0.104. The summed E-state index contributed by atoms with van der Waals surface area (Å²) < 4.78 is 0. The lowest BCUT2D eigenvalue weighted by Gasteiger charge is -2.25. The monoisotopic (exact) mass is 230 g/mol. The van der Waals surface area contributed by atoms with E-state index in [0.717, 1.165) is 25.1 Å². The Kier molecular flexibility index (Phi) is 5.72. The van der Waals surface area contributed by atoms with Gasteiger partial charge in [-0.1, -0.05) is 50.1 Å². The quantitative estimate of drug-likeness (QED) is 0.745. The Labute approximate surface area is 105 Å². The van der Waals surface area contributed by atoms with Gasteiger partial charge in [0.2, 0.25) is 0 Å². The van der Waals surface area contributed by atoms with Crippen molar-refractivity contribution < 1.29 is 0 Å². The van der Waals surface area contributed by atoms with Crippen molar-refractivity contribution in [2.45, 2.75) is 39.7 Å². The first-order chi connectivity index (χ1) is 8.22. The third-order valence-electron chi connectivity index (χ3n) is 3.09. The molecule has 17 heavy (non-hydrogen) atoms. The van der Waals surface area contributed by atoms with Gasteiger partial charge in [0.1, 0.15) is 6.04 Å². The van der Waals surface area contributed by atoms with E-state index in [9.17, 15) is 5.26 Å². The smallest absolute Gasteiger partial charge is 0.123 e. The second kappa shape index (κ2) is 7.09. The van der Waals surface area contributed by atoms with E-state index in [4.69, 9.17) is 0 Å². The molecular formula is C15H22N2. The van der Waals surface area contributed by atoms with Gasteiger partial charge in [0, 0.05) is 0 Å². The molecule has 1 aromatic rings. The van der Waals surface area contributed by atoms with E-state index >= 15 is 0 Å². The molecule has 0 aliphatic rings. The summed E-state index contributed by atoms with van der Waals surface area (Å²) in [5.41, 5.74) is 2.35. The molecule has 1 atom stereocenters. The fourth-order valence-corrected chi connectivity index (χ4v) is 1.95. The van der Waals surface area contributed by atoms with Crippen LogP contribution < -0.4 is 0 Å². The van der Waals surface area contributed by atoms with Gasteiger partial charge < -0.3 is 0 Å². The standard InChI is InChI=1S/C15H22N2/c1-4-6-11-17(5-2)15(12-16)14-9-7-13(3)8-10-14/h7-10,15H,4-6,11H2,1-3H3. The molecule has 0 bridgehead atoms. The first kappa shape index (κ1) is 13.7. The van der Waals surface area contributed by atoms with Crippen LogP contribution in [0.15, 0.2) is 24.3 Å². The first-order valence-corrected chi connectivity index (χ1v) is 6.43. The molecule has 92 valence electrons. The summed E-state index contributed by atoms with van der Waals surface area (Å²) in [6, 6.07) is 10.6. The SMILES string of the molecule is CCCCN(CC)C(C#N)c1ccc(C)cc1. The number of unbranched alkanes of at least 4 members (excludes halogenated alkanes) is 1. The summed E-state index contributed by atoms with van der Waals surface area (Å²) in [7, 11) is 0. The number of benzene rings is 1. The molecule has 0 saturated heterocycles. The summed E-state index contributed by atoms with van der Waals surface area (Å²) in [6.07, 6.45) is 2.32. The van der Waals surface area contributed by atoms with Gasteiger partial charge in [-0.3, -0.25) is 4.90 Å². The van der Waals surface area contributed by atoms with Gasteiger partial charge in [0.25, 0.3) is 0 Å². The van der Waals surface area contributed by atoms with Gasteiger partial charge >= 0.3 is 0 Å². The molecule has 0 spiro atoms. The summed E-state index contributed by atoms with van der Waals surface area (Å²) in [5.74, 6) is 0. The zero-order valence-corrected chi connectivity index (χ0v) is 11.1. The third-order valence-corrected chi connectivity index (χ3v) is 3.09.